The van der Waals surface area contributed by atoms with E-state index in [1.807, 2.05) is 11.9 Å². The molecule has 0 amide bonds. The van der Waals surface area contributed by atoms with E-state index in [4.69, 9.17) is 5.11 Å². The molecule has 0 aliphatic carbocycles. The fourth-order valence-electron chi connectivity index (χ4n) is 1.35. The zero-order chi connectivity index (χ0) is 8.43. The summed E-state index contributed by atoms with van der Waals surface area (Å²) in [5.41, 5.74) is 0. The van der Waals surface area contributed by atoms with Crippen LogP contribution in [-0.2, 0) is 4.79 Å². The van der Waals surface area contributed by atoms with Gasteiger partial charge in [0, 0.05) is 13.1 Å². The second kappa shape index (κ2) is 4.39. The summed E-state index contributed by atoms with van der Waals surface area (Å²) in [4.78, 5) is 12.4. The molecule has 0 aromatic heterocycles. The zero-order valence-corrected chi connectivity index (χ0v) is 7.03. The van der Waals surface area contributed by atoms with E-state index >= 15 is 0 Å². The number of aliphatic hydroxyl groups is 1. The molecule has 4 N–H and O–H groups in total. The van der Waals surface area contributed by atoms with Crippen molar-refractivity contribution in [3.8, 4) is 0 Å². The van der Waals surface area contributed by atoms with Crippen molar-refractivity contribution in [2.45, 2.75) is 12.5 Å². The number of likely N-dealkylation sites (tertiary alicyclic amines) is 1. The Bertz CT molecular complexity index is 161. The summed E-state index contributed by atoms with van der Waals surface area (Å²) in [6.45, 7) is 1.24. The van der Waals surface area contributed by atoms with Crippen molar-refractivity contribution in [3.05, 3.63) is 0 Å². The van der Waals surface area contributed by atoms with Crippen LogP contribution in [0.15, 0.2) is 0 Å². The lowest BCUT2D eigenvalue weighted by atomic mass is 9.95. The molecule has 1 rings (SSSR count). The van der Waals surface area contributed by atoms with Crippen LogP contribution in [-0.4, -0.2) is 52.8 Å². The first-order valence-electron chi connectivity index (χ1n) is 3.70. The van der Waals surface area contributed by atoms with Gasteiger partial charge in [-0.3, -0.25) is 4.79 Å². The Balaban J connectivity index is 0.00000121. The molecule has 5 nitrogen and oxygen atoms in total. The quantitative estimate of drug-likeness (QED) is 0.513. The molecule has 1 fully saturated rings. The Morgan fingerprint density at radius 3 is 2.58 bits per heavy atom. The molecule has 0 bridgehead atoms. The molecular weight excluding hydrogens is 162 g/mol. The number of piperidine rings is 1. The standard InChI is InChI=1S/C7H13NO3.H2O/c1-8-3-2-6(9)5(4-8)7(10)11;/h5-6,9H,2-4H2,1H3,(H,10,11);1H2. The predicted molar refractivity (Wildman–Crippen MR) is 42.9 cm³/mol. The van der Waals surface area contributed by atoms with Gasteiger partial charge in [-0.2, -0.15) is 0 Å². The number of hydrogen-bond acceptors (Lipinski definition) is 3. The van der Waals surface area contributed by atoms with Gasteiger partial charge in [-0.15, -0.1) is 0 Å². The third kappa shape index (κ3) is 2.44. The third-order valence-corrected chi connectivity index (χ3v) is 2.10. The number of aliphatic carboxylic acids is 1. The minimum Gasteiger partial charge on any atom is -0.481 e. The summed E-state index contributed by atoms with van der Waals surface area (Å²) in [6.07, 6.45) is -0.100. The lowest BCUT2D eigenvalue weighted by Crippen LogP contribution is -2.44. The molecule has 2 atom stereocenters. The molecule has 5 heteroatoms. The predicted octanol–water partition coefficient (Wildman–Crippen LogP) is -1.44. The number of carboxylic acid groups (broad SMARTS) is 1. The smallest absolute Gasteiger partial charge is 0.310 e. The van der Waals surface area contributed by atoms with E-state index in [-0.39, 0.29) is 5.48 Å². The van der Waals surface area contributed by atoms with Crippen LogP contribution in [0.25, 0.3) is 0 Å². The molecule has 12 heavy (non-hydrogen) atoms. The minimum atomic E-state index is -0.899. The fraction of sp³-hybridized carbons (Fsp3) is 0.857. The van der Waals surface area contributed by atoms with Gasteiger partial charge in [0.15, 0.2) is 0 Å². The summed E-state index contributed by atoms with van der Waals surface area (Å²) >= 11 is 0. The number of hydrogen-bond donors (Lipinski definition) is 2. The molecule has 1 heterocycles. The highest BCUT2D eigenvalue weighted by Gasteiger charge is 2.31. The van der Waals surface area contributed by atoms with E-state index in [1.54, 1.807) is 0 Å². The van der Waals surface area contributed by atoms with E-state index in [9.17, 15) is 9.90 Å². The molecule has 1 aliphatic rings. The molecular formula is C7H15NO4. The number of carbonyl (C=O) groups is 1. The number of rotatable bonds is 1. The van der Waals surface area contributed by atoms with Gasteiger partial charge in [0.05, 0.1) is 12.0 Å². The van der Waals surface area contributed by atoms with Crippen molar-refractivity contribution >= 4 is 5.97 Å². The summed E-state index contributed by atoms with van der Waals surface area (Å²) in [5, 5.41) is 17.9. The lowest BCUT2D eigenvalue weighted by molar-refractivity contribution is -0.148. The number of carboxylic acids is 1. The molecule has 0 spiro atoms. The van der Waals surface area contributed by atoms with Crippen LogP contribution in [0, 0.1) is 5.92 Å². The highest BCUT2D eigenvalue weighted by molar-refractivity contribution is 5.71. The normalized spacial score (nSPS) is 30.8. The van der Waals surface area contributed by atoms with Gasteiger partial charge in [-0.1, -0.05) is 0 Å². The van der Waals surface area contributed by atoms with E-state index < -0.39 is 18.0 Å². The second-order valence-corrected chi connectivity index (χ2v) is 3.06. The average Bonchev–Trinajstić information content (AvgIpc) is 1.94. The molecule has 1 aliphatic heterocycles. The van der Waals surface area contributed by atoms with Crippen LogP contribution >= 0.6 is 0 Å². The summed E-state index contributed by atoms with van der Waals surface area (Å²) in [5.74, 6) is -1.50. The second-order valence-electron chi connectivity index (χ2n) is 3.06. The largest absolute Gasteiger partial charge is 0.481 e. The van der Waals surface area contributed by atoms with E-state index in [1.165, 1.54) is 0 Å². The maximum Gasteiger partial charge on any atom is 0.310 e. The van der Waals surface area contributed by atoms with Gasteiger partial charge in [0.2, 0.25) is 0 Å². The summed E-state index contributed by atoms with van der Waals surface area (Å²) in [6, 6.07) is 0. The minimum absolute atomic E-state index is 0. The van der Waals surface area contributed by atoms with Crippen LogP contribution in [0.4, 0.5) is 0 Å². The van der Waals surface area contributed by atoms with E-state index in [0.29, 0.717) is 13.0 Å². The van der Waals surface area contributed by atoms with Crippen LogP contribution < -0.4 is 0 Å². The Labute approximate surface area is 70.9 Å². The molecule has 0 saturated carbocycles. The van der Waals surface area contributed by atoms with Crippen LogP contribution in [0.5, 0.6) is 0 Å². The van der Waals surface area contributed by atoms with Crippen LogP contribution in [0.3, 0.4) is 0 Å². The summed E-state index contributed by atoms with van der Waals surface area (Å²) in [7, 11) is 1.86. The number of nitrogens with zero attached hydrogens (tertiary/aromatic N) is 1. The SMILES string of the molecule is CN1CCC(O)C(C(=O)O)C1.O. The average molecular weight is 177 g/mol. The molecule has 0 aromatic carbocycles. The van der Waals surface area contributed by atoms with Gasteiger partial charge >= 0.3 is 5.97 Å². The summed E-state index contributed by atoms with van der Waals surface area (Å²) < 4.78 is 0. The van der Waals surface area contributed by atoms with Crippen LogP contribution in [0.2, 0.25) is 0 Å². The van der Waals surface area contributed by atoms with Crippen molar-refractivity contribution in [2.75, 3.05) is 20.1 Å². The molecule has 72 valence electrons. The Kier molecular flexibility index (Phi) is 4.16. The highest BCUT2D eigenvalue weighted by atomic mass is 16.4. The lowest BCUT2D eigenvalue weighted by Gasteiger charge is -2.31. The maximum absolute atomic E-state index is 10.5. The van der Waals surface area contributed by atoms with Crippen molar-refractivity contribution in [3.63, 3.8) is 0 Å². The van der Waals surface area contributed by atoms with Gasteiger partial charge in [0.25, 0.3) is 0 Å². The molecule has 0 aromatic rings. The van der Waals surface area contributed by atoms with Crippen molar-refractivity contribution in [1.29, 1.82) is 0 Å². The zero-order valence-electron chi connectivity index (χ0n) is 7.03. The van der Waals surface area contributed by atoms with Crippen molar-refractivity contribution in [2.24, 2.45) is 5.92 Å². The van der Waals surface area contributed by atoms with E-state index in [0.717, 1.165) is 6.54 Å². The monoisotopic (exact) mass is 177 g/mol. The highest BCUT2D eigenvalue weighted by Crippen LogP contribution is 2.15. The van der Waals surface area contributed by atoms with E-state index in [2.05, 4.69) is 0 Å². The Morgan fingerprint density at radius 1 is 1.58 bits per heavy atom. The van der Waals surface area contributed by atoms with Gasteiger partial charge < -0.3 is 20.6 Å². The maximum atomic E-state index is 10.5. The first-order chi connectivity index (χ1) is 5.11. The van der Waals surface area contributed by atoms with Gasteiger partial charge in [-0.05, 0) is 13.5 Å². The third-order valence-electron chi connectivity index (χ3n) is 2.10. The Hall–Kier alpha value is -0.650. The first-order valence-corrected chi connectivity index (χ1v) is 3.70. The Morgan fingerprint density at radius 2 is 2.17 bits per heavy atom. The fourth-order valence-corrected chi connectivity index (χ4v) is 1.35. The first kappa shape index (κ1) is 11.4. The van der Waals surface area contributed by atoms with Crippen molar-refractivity contribution < 1.29 is 20.5 Å². The topological polar surface area (TPSA) is 92.3 Å². The van der Waals surface area contributed by atoms with Crippen molar-refractivity contribution in [1.82, 2.24) is 4.90 Å². The number of aliphatic hydroxyl groups excluding tert-OH is 1. The van der Waals surface area contributed by atoms with Gasteiger partial charge in [-0.25, -0.2) is 0 Å². The molecule has 0 radical (unpaired) electrons. The van der Waals surface area contributed by atoms with Crippen LogP contribution in [0.1, 0.15) is 6.42 Å². The van der Waals surface area contributed by atoms with Gasteiger partial charge in [0.1, 0.15) is 0 Å². The molecule has 2 unspecified atom stereocenters. The molecule has 1 saturated heterocycles.